The van der Waals surface area contributed by atoms with Crippen molar-refractivity contribution in [3.63, 3.8) is 0 Å². The minimum absolute atomic E-state index is 0.154. The van der Waals surface area contributed by atoms with Crippen LogP contribution in [0.3, 0.4) is 0 Å². The normalized spacial score (nSPS) is 10.4. The molecule has 0 aliphatic rings. The van der Waals surface area contributed by atoms with Crippen LogP contribution >= 0.6 is 15.9 Å². The molecular formula is C16H15BrO. The lowest BCUT2D eigenvalue weighted by Crippen LogP contribution is -2.04. The molecule has 2 aromatic rings. The number of carbonyl (C=O) groups excluding carboxylic acids is 1. The number of halogens is 1. The van der Waals surface area contributed by atoms with Crippen LogP contribution in [0.1, 0.15) is 27.0 Å². The summed E-state index contributed by atoms with van der Waals surface area (Å²) in [5.41, 5.74) is 4.24. The lowest BCUT2D eigenvalue weighted by Gasteiger charge is -2.05. The Balaban J connectivity index is 2.21. The first kappa shape index (κ1) is 13.0. The van der Waals surface area contributed by atoms with E-state index in [4.69, 9.17) is 0 Å². The molecule has 0 amide bonds. The van der Waals surface area contributed by atoms with Crippen molar-refractivity contribution in [2.24, 2.45) is 0 Å². The van der Waals surface area contributed by atoms with Gasteiger partial charge in [0.25, 0.3) is 0 Å². The maximum Gasteiger partial charge on any atom is 0.167 e. The summed E-state index contributed by atoms with van der Waals surface area (Å²) in [5.74, 6) is 0.154. The quantitative estimate of drug-likeness (QED) is 0.763. The van der Waals surface area contributed by atoms with Crippen molar-refractivity contribution >= 4 is 21.7 Å². The van der Waals surface area contributed by atoms with E-state index in [9.17, 15) is 4.79 Å². The molecule has 0 aliphatic heterocycles. The molecule has 0 spiro atoms. The van der Waals surface area contributed by atoms with Crippen molar-refractivity contribution in [3.8, 4) is 0 Å². The number of hydrogen-bond acceptors (Lipinski definition) is 1. The summed E-state index contributed by atoms with van der Waals surface area (Å²) in [6, 6.07) is 13.8. The van der Waals surface area contributed by atoms with Gasteiger partial charge in [-0.05, 0) is 31.5 Å². The van der Waals surface area contributed by atoms with Crippen molar-refractivity contribution in [1.29, 1.82) is 0 Å². The van der Waals surface area contributed by atoms with Crippen LogP contribution in [0.15, 0.2) is 46.9 Å². The molecule has 0 saturated carbocycles. The van der Waals surface area contributed by atoms with E-state index in [1.54, 1.807) is 0 Å². The van der Waals surface area contributed by atoms with Gasteiger partial charge >= 0.3 is 0 Å². The number of aryl methyl sites for hydroxylation is 2. The maximum absolute atomic E-state index is 12.2. The van der Waals surface area contributed by atoms with E-state index >= 15 is 0 Å². The average molecular weight is 303 g/mol. The molecule has 1 nitrogen and oxygen atoms in total. The first-order valence-corrected chi connectivity index (χ1v) is 6.70. The summed E-state index contributed by atoms with van der Waals surface area (Å²) in [6.07, 6.45) is 0.457. The van der Waals surface area contributed by atoms with Crippen molar-refractivity contribution in [1.82, 2.24) is 0 Å². The van der Waals surface area contributed by atoms with Gasteiger partial charge in [-0.1, -0.05) is 57.4 Å². The average Bonchev–Trinajstić information content (AvgIpc) is 2.27. The summed E-state index contributed by atoms with van der Waals surface area (Å²) in [4.78, 5) is 12.2. The Morgan fingerprint density at radius 3 is 2.33 bits per heavy atom. The van der Waals surface area contributed by atoms with Gasteiger partial charge in [0.05, 0.1) is 0 Å². The zero-order chi connectivity index (χ0) is 13.1. The van der Waals surface area contributed by atoms with Gasteiger partial charge in [-0.2, -0.15) is 0 Å². The highest BCUT2D eigenvalue weighted by Crippen LogP contribution is 2.15. The predicted molar refractivity (Wildman–Crippen MR) is 78.1 cm³/mol. The maximum atomic E-state index is 12.2. The summed E-state index contributed by atoms with van der Waals surface area (Å²) < 4.78 is 0.939. The van der Waals surface area contributed by atoms with Crippen molar-refractivity contribution in [2.45, 2.75) is 20.3 Å². The van der Waals surface area contributed by atoms with Gasteiger partial charge in [0, 0.05) is 16.5 Å². The molecule has 2 heteroatoms. The van der Waals surface area contributed by atoms with Crippen LogP contribution in [0, 0.1) is 13.8 Å². The molecule has 18 heavy (non-hydrogen) atoms. The number of ketones is 1. The minimum Gasteiger partial charge on any atom is -0.294 e. The summed E-state index contributed by atoms with van der Waals surface area (Å²) in [6.45, 7) is 4.11. The molecule has 0 bridgehead atoms. The largest absolute Gasteiger partial charge is 0.294 e. The Bertz CT molecular complexity index is 567. The fourth-order valence-corrected chi connectivity index (χ4v) is 2.52. The summed E-state index contributed by atoms with van der Waals surface area (Å²) in [5, 5.41) is 0. The number of Topliss-reactive ketones (excluding diaryl/α,β-unsaturated/α-hetero) is 1. The molecule has 2 rings (SSSR count). The highest BCUT2D eigenvalue weighted by Gasteiger charge is 2.08. The lowest BCUT2D eigenvalue weighted by molar-refractivity contribution is 0.0993. The van der Waals surface area contributed by atoms with Gasteiger partial charge in [-0.25, -0.2) is 0 Å². The molecule has 0 saturated heterocycles. The standard InChI is InChI=1S/C16H15BrO/c1-11-6-12(2)8-13(7-11)9-16(18)14-4-3-5-15(17)10-14/h3-8,10H,9H2,1-2H3. The molecule has 0 radical (unpaired) electrons. The Morgan fingerprint density at radius 2 is 1.72 bits per heavy atom. The molecule has 0 unspecified atom stereocenters. The van der Waals surface area contributed by atoms with E-state index in [0.717, 1.165) is 15.6 Å². The van der Waals surface area contributed by atoms with Gasteiger partial charge in [-0.3, -0.25) is 4.79 Å². The van der Waals surface area contributed by atoms with E-state index in [0.29, 0.717) is 6.42 Å². The molecule has 92 valence electrons. The van der Waals surface area contributed by atoms with Crippen molar-refractivity contribution in [3.05, 3.63) is 69.2 Å². The van der Waals surface area contributed by atoms with Crippen LogP contribution in [0.4, 0.5) is 0 Å². The van der Waals surface area contributed by atoms with Gasteiger partial charge in [0.1, 0.15) is 0 Å². The van der Waals surface area contributed by atoms with Crippen LogP contribution in [-0.2, 0) is 6.42 Å². The molecule has 0 N–H and O–H groups in total. The van der Waals surface area contributed by atoms with E-state index < -0.39 is 0 Å². The topological polar surface area (TPSA) is 17.1 Å². The lowest BCUT2D eigenvalue weighted by atomic mass is 10.00. The van der Waals surface area contributed by atoms with E-state index in [1.165, 1.54) is 11.1 Å². The van der Waals surface area contributed by atoms with E-state index in [2.05, 4.69) is 48.0 Å². The minimum atomic E-state index is 0.154. The first-order valence-electron chi connectivity index (χ1n) is 5.90. The molecule has 0 heterocycles. The van der Waals surface area contributed by atoms with Gasteiger partial charge < -0.3 is 0 Å². The molecule has 0 aromatic heterocycles. The zero-order valence-corrected chi connectivity index (χ0v) is 12.1. The highest BCUT2D eigenvalue weighted by atomic mass is 79.9. The second kappa shape index (κ2) is 5.49. The third-order valence-corrected chi connectivity index (χ3v) is 3.29. The molecular weight excluding hydrogens is 288 g/mol. The number of hydrogen-bond donors (Lipinski definition) is 0. The van der Waals surface area contributed by atoms with Crippen LogP contribution in [0.2, 0.25) is 0 Å². The molecule has 0 fully saturated rings. The monoisotopic (exact) mass is 302 g/mol. The van der Waals surface area contributed by atoms with E-state index in [-0.39, 0.29) is 5.78 Å². The van der Waals surface area contributed by atoms with Crippen LogP contribution < -0.4 is 0 Å². The van der Waals surface area contributed by atoms with Crippen LogP contribution in [0.25, 0.3) is 0 Å². The van der Waals surface area contributed by atoms with Gasteiger partial charge in [0.15, 0.2) is 5.78 Å². The Morgan fingerprint density at radius 1 is 1.06 bits per heavy atom. The van der Waals surface area contributed by atoms with Crippen molar-refractivity contribution < 1.29 is 4.79 Å². The molecule has 2 aromatic carbocycles. The molecule has 0 atom stereocenters. The predicted octanol–water partition coefficient (Wildman–Crippen LogP) is 4.49. The Labute approximate surface area is 116 Å². The van der Waals surface area contributed by atoms with E-state index in [1.807, 2.05) is 24.3 Å². The van der Waals surface area contributed by atoms with Crippen LogP contribution in [0.5, 0.6) is 0 Å². The number of benzene rings is 2. The second-order valence-electron chi connectivity index (χ2n) is 4.61. The van der Waals surface area contributed by atoms with Crippen LogP contribution in [-0.4, -0.2) is 5.78 Å². The smallest absolute Gasteiger partial charge is 0.167 e. The highest BCUT2D eigenvalue weighted by molar-refractivity contribution is 9.10. The fraction of sp³-hybridized carbons (Fsp3) is 0.188. The van der Waals surface area contributed by atoms with Crippen molar-refractivity contribution in [2.75, 3.05) is 0 Å². The fourth-order valence-electron chi connectivity index (χ4n) is 2.12. The number of rotatable bonds is 3. The number of carbonyl (C=O) groups is 1. The Kier molecular flexibility index (Phi) is 3.97. The second-order valence-corrected chi connectivity index (χ2v) is 5.52. The third kappa shape index (κ3) is 3.30. The van der Waals surface area contributed by atoms with Gasteiger partial charge in [-0.15, -0.1) is 0 Å². The first-order chi connectivity index (χ1) is 8.54. The third-order valence-electron chi connectivity index (χ3n) is 2.79. The zero-order valence-electron chi connectivity index (χ0n) is 10.5. The SMILES string of the molecule is Cc1cc(C)cc(CC(=O)c2cccc(Br)c2)c1. The Hall–Kier alpha value is -1.41. The van der Waals surface area contributed by atoms with Gasteiger partial charge in [0.2, 0.25) is 0 Å². The summed E-state index contributed by atoms with van der Waals surface area (Å²) in [7, 11) is 0. The molecule has 0 aliphatic carbocycles. The summed E-state index contributed by atoms with van der Waals surface area (Å²) >= 11 is 3.39.